The van der Waals surface area contributed by atoms with Crippen molar-refractivity contribution in [2.45, 2.75) is 6.42 Å². The molecule has 5 heteroatoms. The monoisotopic (exact) mass is 327 g/mol. The number of ether oxygens (including phenoxy) is 1. The number of pyridine rings is 1. The van der Waals surface area contributed by atoms with Crippen molar-refractivity contribution in [3.63, 3.8) is 0 Å². The van der Waals surface area contributed by atoms with Crippen LogP contribution in [0.2, 0.25) is 5.02 Å². The number of esters is 1. The molecular formula is C18H14ClNO3. The number of halogens is 1. The van der Waals surface area contributed by atoms with Crippen LogP contribution in [0.4, 0.5) is 0 Å². The van der Waals surface area contributed by atoms with E-state index in [-0.39, 0.29) is 12.4 Å². The Labute approximate surface area is 138 Å². The van der Waals surface area contributed by atoms with Crippen LogP contribution in [0.5, 0.6) is 5.75 Å². The summed E-state index contributed by atoms with van der Waals surface area (Å²) in [6.07, 6.45) is 2.12. The normalized spacial score (nSPS) is 10.7. The molecule has 0 aliphatic heterocycles. The maximum absolute atomic E-state index is 12.3. The number of carbonyl (C=O) groups is 1. The minimum absolute atomic E-state index is 0.109. The van der Waals surface area contributed by atoms with Crippen LogP contribution in [0, 0.1) is 0 Å². The molecule has 0 bridgehead atoms. The van der Waals surface area contributed by atoms with E-state index in [2.05, 4.69) is 4.98 Å². The van der Waals surface area contributed by atoms with Crippen molar-refractivity contribution in [1.29, 1.82) is 0 Å². The number of aromatic hydroxyl groups is 1. The maximum atomic E-state index is 12.3. The Morgan fingerprint density at radius 1 is 1.17 bits per heavy atom. The summed E-state index contributed by atoms with van der Waals surface area (Å²) >= 11 is 6.03. The number of rotatable bonds is 4. The van der Waals surface area contributed by atoms with E-state index < -0.39 is 5.97 Å². The molecular weight excluding hydrogens is 314 g/mol. The average molecular weight is 328 g/mol. The molecule has 3 rings (SSSR count). The van der Waals surface area contributed by atoms with Gasteiger partial charge in [-0.25, -0.2) is 4.79 Å². The summed E-state index contributed by atoms with van der Waals surface area (Å²) in [6.45, 7) is 0.201. The molecule has 0 amide bonds. The van der Waals surface area contributed by atoms with Crippen LogP contribution in [0.15, 0.2) is 54.7 Å². The van der Waals surface area contributed by atoms with E-state index in [4.69, 9.17) is 16.3 Å². The topological polar surface area (TPSA) is 59.4 Å². The molecule has 23 heavy (non-hydrogen) atoms. The molecule has 0 spiro atoms. The van der Waals surface area contributed by atoms with E-state index in [1.54, 1.807) is 30.5 Å². The van der Waals surface area contributed by atoms with Crippen LogP contribution in [-0.2, 0) is 11.2 Å². The fourth-order valence-corrected chi connectivity index (χ4v) is 2.61. The van der Waals surface area contributed by atoms with Crippen molar-refractivity contribution in [3.05, 3.63) is 70.9 Å². The van der Waals surface area contributed by atoms with Gasteiger partial charge in [0.15, 0.2) is 0 Å². The first kappa shape index (κ1) is 15.3. The van der Waals surface area contributed by atoms with Gasteiger partial charge < -0.3 is 9.84 Å². The van der Waals surface area contributed by atoms with Crippen molar-refractivity contribution < 1.29 is 14.6 Å². The van der Waals surface area contributed by atoms with Gasteiger partial charge in [0.2, 0.25) is 0 Å². The molecule has 1 heterocycles. The SMILES string of the molecule is O=C(OCCc1ccc(O)cc1Cl)c1cccc2cccnc12. The summed E-state index contributed by atoms with van der Waals surface area (Å²) in [5, 5.41) is 10.7. The van der Waals surface area contributed by atoms with Gasteiger partial charge in [-0.05, 0) is 29.8 Å². The zero-order valence-corrected chi connectivity index (χ0v) is 13.0. The largest absolute Gasteiger partial charge is 0.508 e. The predicted octanol–water partition coefficient (Wildman–Crippen LogP) is 3.99. The Morgan fingerprint density at radius 2 is 2.00 bits per heavy atom. The smallest absolute Gasteiger partial charge is 0.340 e. The van der Waals surface area contributed by atoms with Gasteiger partial charge in [-0.3, -0.25) is 4.98 Å². The summed E-state index contributed by atoms with van der Waals surface area (Å²) in [5.41, 5.74) is 1.89. The van der Waals surface area contributed by atoms with Crippen molar-refractivity contribution in [2.24, 2.45) is 0 Å². The molecule has 1 N–H and O–H groups in total. The first-order valence-electron chi connectivity index (χ1n) is 7.13. The first-order valence-corrected chi connectivity index (χ1v) is 7.51. The van der Waals surface area contributed by atoms with Gasteiger partial charge >= 0.3 is 5.97 Å². The number of phenols is 1. The minimum Gasteiger partial charge on any atom is -0.508 e. The molecule has 4 nitrogen and oxygen atoms in total. The molecule has 0 atom stereocenters. The van der Waals surface area contributed by atoms with Crippen LogP contribution >= 0.6 is 11.6 Å². The molecule has 2 aromatic carbocycles. The number of carbonyl (C=O) groups excluding carboxylic acids is 1. The third-order valence-corrected chi connectivity index (χ3v) is 3.85. The molecule has 0 unspecified atom stereocenters. The first-order chi connectivity index (χ1) is 11.1. The molecule has 3 aromatic rings. The summed E-state index contributed by atoms with van der Waals surface area (Å²) in [4.78, 5) is 16.5. The van der Waals surface area contributed by atoms with Gasteiger partial charge in [-0.1, -0.05) is 35.9 Å². The van der Waals surface area contributed by atoms with Crippen LogP contribution < -0.4 is 0 Å². The Kier molecular flexibility index (Phi) is 4.44. The highest BCUT2D eigenvalue weighted by Gasteiger charge is 2.12. The summed E-state index contributed by atoms with van der Waals surface area (Å²) in [6, 6.07) is 13.9. The third-order valence-electron chi connectivity index (χ3n) is 3.49. The molecule has 0 aliphatic rings. The highest BCUT2D eigenvalue weighted by molar-refractivity contribution is 6.31. The number of nitrogens with zero attached hydrogens (tertiary/aromatic N) is 1. The van der Waals surface area contributed by atoms with E-state index >= 15 is 0 Å². The molecule has 1 aromatic heterocycles. The number of para-hydroxylation sites is 1. The maximum Gasteiger partial charge on any atom is 0.340 e. The van der Waals surface area contributed by atoms with Crippen molar-refractivity contribution in [2.75, 3.05) is 6.61 Å². The van der Waals surface area contributed by atoms with Gasteiger partial charge in [0, 0.05) is 23.0 Å². The zero-order chi connectivity index (χ0) is 16.2. The molecule has 116 valence electrons. The third kappa shape index (κ3) is 3.43. The van der Waals surface area contributed by atoms with Gasteiger partial charge in [0.05, 0.1) is 17.7 Å². The lowest BCUT2D eigenvalue weighted by atomic mass is 10.1. The standard InChI is InChI=1S/C18H14ClNO3/c19-16-11-14(21)7-6-12(16)8-10-23-18(22)15-5-1-3-13-4-2-9-20-17(13)15/h1-7,9,11,21H,8,10H2. The van der Waals surface area contributed by atoms with Crippen molar-refractivity contribution in [1.82, 2.24) is 4.98 Å². The van der Waals surface area contributed by atoms with Crippen molar-refractivity contribution >= 4 is 28.5 Å². The number of phenolic OH excluding ortho intramolecular Hbond substituents is 1. The number of aromatic nitrogens is 1. The highest BCUT2D eigenvalue weighted by atomic mass is 35.5. The van der Waals surface area contributed by atoms with Gasteiger partial charge in [0.25, 0.3) is 0 Å². The second kappa shape index (κ2) is 6.67. The Bertz CT molecular complexity index is 859. The predicted molar refractivity (Wildman–Crippen MR) is 88.8 cm³/mol. The Balaban J connectivity index is 1.69. The van der Waals surface area contributed by atoms with Crippen LogP contribution in [0.25, 0.3) is 10.9 Å². The quantitative estimate of drug-likeness (QED) is 0.736. The summed E-state index contributed by atoms with van der Waals surface area (Å²) in [5.74, 6) is -0.304. The van der Waals surface area contributed by atoms with Gasteiger partial charge in [0.1, 0.15) is 5.75 Å². The molecule has 0 aliphatic carbocycles. The van der Waals surface area contributed by atoms with Crippen LogP contribution in [0.1, 0.15) is 15.9 Å². The molecule has 0 saturated carbocycles. The van der Waals surface area contributed by atoms with E-state index in [9.17, 15) is 9.90 Å². The zero-order valence-electron chi connectivity index (χ0n) is 12.2. The van der Waals surface area contributed by atoms with Crippen molar-refractivity contribution in [3.8, 4) is 5.75 Å². The Hall–Kier alpha value is -2.59. The number of fused-ring (bicyclic) bond motifs is 1. The van der Waals surface area contributed by atoms with Gasteiger partial charge in [-0.2, -0.15) is 0 Å². The van der Waals surface area contributed by atoms with E-state index in [0.29, 0.717) is 22.5 Å². The molecule has 0 fully saturated rings. The van der Waals surface area contributed by atoms with Crippen LogP contribution in [-0.4, -0.2) is 22.7 Å². The average Bonchev–Trinajstić information content (AvgIpc) is 2.56. The number of hydrogen-bond donors (Lipinski definition) is 1. The minimum atomic E-state index is -0.413. The fraction of sp³-hybridized carbons (Fsp3) is 0.111. The second-order valence-electron chi connectivity index (χ2n) is 5.04. The molecule has 0 radical (unpaired) electrons. The van der Waals surface area contributed by atoms with Gasteiger partial charge in [-0.15, -0.1) is 0 Å². The summed E-state index contributed by atoms with van der Waals surface area (Å²) < 4.78 is 5.33. The van der Waals surface area contributed by atoms with Crippen LogP contribution in [0.3, 0.4) is 0 Å². The number of hydrogen-bond acceptors (Lipinski definition) is 4. The lowest BCUT2D eigenvalue weighted by molar-refractivity contribution is 0.0511. The lowest BCUT2D eigenvalue weighted by Gasteiger charge is -2.08. The fourth-order valence-electron chi connectivity index (χ4n) is 2.34. The Morgan fingerprint density at radius 3 is 2.83 bits per heavy atom. The molecule has 0 saturated heterocycles. The summed E-state index contributed by atoms with van der Waals surface area (Å²) in [7, 11) is 0. The van der Waals surface area contributed by atoms with E-state index in [0.717, 1.165) is 10.9 Å². The van der Waals surface area contributed by atoms with E-state index in [1.807, 2.05) is 18.2 Å². The lowest BCUT2D eigenvalue weighted by Crippen LogP contribution is -2.09. The highest BCUT2D eigenvalue weighted by Crippen LogP contribution is 2.22. The van der Waals surface area contributed by atoms with E-state index in [1.165, 1.54) is 6.07 Å². The second-order valence-corrected chi connectivity index (χ2v) is 5.45. The number of benzene rings is 2.